The number of hydrogen-bond acceptors (Lipinski definition) is 6. The molecule has 3 aromatic heterocycles. The second-order valence-electron chi connectivity index (χ2n) is 5.48. The van der Waals surface area contributed by atoms with E-state index >= 15 is 0 Å². The average molecular weight is 340 g/mol. The first-order valence-electron chi connectivity index (χ1n) is 7.76. The summed E-state index contributed by atoms with van der Waals surface area (Å²) in [5, 5.41) is 2.53. The summed E-state index contributed by atoms with van der Waals surface area (Å²) in [5.41, 5.74) is 0.484. The highest BCUT2D eigenvalue weighted by Gasteiger charge is 2.24. The number of hydrogen-bond donors (Lipinski definition) is 0. The molecule has 122 valence electrons. The number of nitrogens with zero attached hydrogens (tertiary/aromatic N) is 4. The summed E-state index contributed by atoms with van der Waals surface area (Å²) in [6, 6.07) is 9.54. The summed E-state index contributed by atoms with van der Waals surface area (Å²) in [6.07, 6.45) is 3.40. The lowest BCUT2D eigenvalue weighted by atomic mass is 10.2. The van der Waals surface area contributed by atoms with Crippen molar-refractivity contribution < 1.29 is 9.21 Å². The van der Waals surface area contributed by atoms with E-state index in [4.69, 9.17) is 4.42 Å². The maximum Gasteiger partial charge on any atom is 0.273 e. The van der Waals surface area contributed by atoms with Gasteiger partial charge in [0, 0.05) is 37.8 Å². The highest BCUT2D eigenvalue weighted by Crippen LogP contribution is 2.25. The molecule has 1 saturated heterocycles. The Hall–Kier alpha value is -2.67. The molecule has 0 aromatic carbocycles. The van der Waals surface area contributed by atoms with E-state index in [1.807, 2.05) is 35.2 Å². The second kappa shape index (κ2) is 6.45. The Morgan fingerprint density at radius 3 is 2.71 bits per heavy atom. The Morgan fingerprint density at radius 1 is 1.12 bits per heavy atom. The summed E-state index contributed by atoms with van der Waals surface area (Å²) in [5.74, 6) is 1.63. The zero-order chi connectivity index (χ0) is 16.4. The number of thiazole rings is 1. The van der Waals surface area contributed by atoms with Crippen molar-refractivity contribution in [1.29, 1.82) is 0 Å². The van der Waals surface area contributed by atoms with Gasteiger partial charge in [-0.3, -0.25) is 4.79 Å². The number of furan rings is 1. The second-order valence-corrected chi connectivity index (χ2v) is 6.34. The van der Waals surface area contributed by atoms with Gasteiger partial charge >= 0.3 is 0 Å². The number of anilines is 1. The summed E-state index contributed by atoms with van der Waals surface area (Å²) in [7, 11) is 0. The summed E-state index contributed by atoms with van der Waals surface area (Å²) < 4.78 is 5.33. The van der Waals surface area contributed by atoms with E-state index in [2.05, 4.69) is 14.9 Å². The lowest BCUT2D eigenvalue weighted by Gasteiger charge is -2.35. The molecular weight excluding hydrogens is 324 g/mol. The van der Waals surface area contributed by atoms with Crippen molar-refractivity contribution in [2.24, 2.45) is 0 Å². The zero-order valence-corrected chi connectivity index (χ0v) is 13.8. The molecule has 1 aliphatic rings. The van der Waals surface area contributed by atoms with Gasteiger partial charge in [-0.15, -0.1) is 11.3 Å². The maximum absolute atomic E-state index is 12.6. The Balaban J connectivity index is 1.41. The minimum Gasteiger partial charge on any atom is -0.462 e. The molecule has 3 aromatic rings. The van der Waals surface area contributed by atoms with E-state index in [9.17, 15) is 4.79 Å². The molecule has 0 aliphatic carbocycles. The molecule has 0 saturated carbocycles. The van der Waals surface area contributed by atoms with Gasteiger partial charge in [-0.05, 0) is 24.3 Å². The summed E-state index contributed by atoms with van der Waals surface area (Å²) in [4.78, 5) is 25.4. The fourth-order valence-corrected chi connectivity index (χ4v) is 3.49. The normalized spacial score (nSPS) is 14.8. The van der Waals surface area contributed by atoms with Gasteiger partial charge < -0.3 is 14.2 Å². The van der Waals surface area contributed by atoms with Gasteiger partial charge in [0.15, 0.2) is 10.8 Å². The Bertz CT molecular complexity index is 808. The van der Waals surface area contributed by atoms with Crippen molar-refractivity contribution >= 4 is 23.1 Å². The van der Waals surface area contributed by atoms with Crippen LogP contribution in [-0.4, -0.2) is 47.0 Å². The minimum absolute atomic E-state index is 0.0234. The van der Waals surface area contributed by atoms with E-state index in [-0.39, 0.29) is 5.91 Å². The molecule has 7 heteroatoms. The molecule has 0 bridgehead atoms. The van der Waals surface area contributed by atoms with Gasteiger partial charge in [0.2, 0.25) is 0 Å². The van der Waals surface area contributed by atoms with Crippen LogP contribution < -0.4 is 4.90 Å². The topological polar surface area (TPSA) is 62.5 Å². The monoisotopic (exact) mass is 340 g/mol. The number of piperazine rings is 1. The SMILES string of the molecule is O=C(c1csc(-c2ccco2)n1)N1CCN(c2ccccn2)CC1. The molecule has 0 unspecified atom stereocenters. The molecule has 0 radical (unpaired) electrons. The van der Waals surface area contributed by atoms with Crippen molar-refractivity contribution in [3.63, 3.8) is 0 Å². The number of amides is 1. The van der Waals surface area contributed by atoms with Gasteiger partial charge in [0.25, 0.3) is 5.91 Å². The molecule has 1 amide bonds. The van der Waals surface area contributed by atoms with E-state index in [0.717, 1.165) is 23.9 Å². The predicted molar refractivity (Wildman–Crippen MR) is 92.2 cm³/mol. The van der Waals surface area contributed by atoms with E-state index in [1.165, 1.54) is 11.3 Å². The van der Waals surface area contributed by atoms with Crippen molar-refractivity contribution in [1.82, 2.24) is 14.9 Å². The van der Waals surface area contributed by atoms with Gasteiger partial charge in [-0.1, -0.05) is 6.07 Å². The van der Waals surface area contributed by atoms with Crippen molar-refractivity contribution in [3.8, 4) is 10.8 Å². The van der Waals surface area contributed by atoms with Crippen LogP contribution in [0.4, 0.5) is 5.82 Å². The molecule has 1 aliphatic heterocycles. The number of rotatable bonds is 3. The standard InChI is InChI=1S/C17H16N4O2S/c22-17(13-12-24-16(19-13)14-4-3-11-23-14)21-9-7-20(8-10-21)15-5-1-2-6-18-15/h1-6,11-12H,7-10H2. The van der Waals surface area contributed by atoms with Crippen LogP contribution in [0.25, 0.3) is 10.8 Å². The van der Waals surface area contributed by atoms with E-state index < -0.39 is 0 Å². The third kappa shape index (κ3) is 2.90. The van der Waals surface area contributed by atoms with Crippen LogP contribution in [0.15, 0.2) is 52.6 Å². The van der Waals surface area contributed by atoms with Crippen LogP contribution in [0.2, 0.25) is 0 Å². The van der Waals surface area contributed by atoms with Crippen molar-refractivity contribution in [2.75, 3.05) is 31.1 Å². The van der Waals surface area contributed by atoms with Gasteiger partial charge in [0.1, 0.15) is 11.5 Å². The molecule has 24 heavy (non-hydrogen) atoms. The fourth-order valence-electron chi connectivity index (χ4n) is 2.73. The van der Waals surface area contributed by atoms with Crippen molar-refractivity contribution in [2.45, 2.75) is 0 Å². The van der Waals surface area contributed by atoms with Gasteiger partial charge in [0.05, 0.1) is 6.26 Å². The quantitative estimate of drug-likeness (QED) is 0.734. The van der Waals surface area contributed by atoms with Gasteiger partial charge in [-0.25, -0.2) is 9.97 Å². The molecule has 0 spiro atoms. The molecule has 4 heterocycles. The molecule has 1 fully saturated rings. The zero-order valence-electron chi connectivity index (χ0n) is 13.0. The number of carbonyl (C=O) groups excluding carboxylic acids is 1. The average Bonchev–Trinajstić information content (AvgIpc) is 3.33. The fraction of sp³-hybridized carbons (Fsp3) is 0.235. The van der Waals surface area contributed by atoms with Crippen molar-refractivity contribution in [3.05, 3.63) is 53.9 Å². The Morgan fingerprint density at radius 2 is 2.00 bits per heavy atom. The Labute approximate surface area is 143 Å². The molecule has 0 N–H and O–H groups in total. The number of pyridine rings is 1. The first kappa shape index (κ1) is 14.9. The lowest BCUT2D eigenvalue weighted by Crippen LogP contribution is -2.49. The predicted octanol–water partition coefficient (Wildman–Crippen LogP) is 2.76. The highest BCUT2D eigenvalue weighted by atomic mass is 32.1. The third-order valence-corrected chi connectivity index (χ3v) is 4.85. The molecule has 6 nitrogen and oxygen atoms in total. The van der Waals surface area contributed by atoms with Crippen LogP contribution in [0.5, 0.6) is 0 Å². The number of aromatic nitrogens is 2. The molecule has 4 rings (SSSR count). The first-order valence-corrected chi connectivity index (χ1v) is 8.64. The summed E-state index contributed by atoms with van der Waals surface area (Å²) in [6.45, 7) is 2.89. The first-order chi connectivity index (χ1) is 11.8. The largest absolute Gasteiger partial charge is 0.462 e. The number of carbonyl (C=O) groups is 1. The molecular formula is C17H16N4O2S. The third-order valence-electron chi connectivity index (χ3n) is 4.00. The minimum atomic E-state index is -0.0234. The lowest BCUT2D eigenvalue weighted by molar-refractivity contribution is 0.0741. The van der Waals surface area contributed by atoms with Crippen LogP contribution in [0, 0.1) is 0 Å². The maximum atomic E-state index is 12.6. The van der Waals surface area contributed by atoms with Crippen LogP contribution in [-0.2, 0) is 0 Å². The van der Waals surface area contributed by atoms with Crippen LogP contribution >= 0.6 is 11.3 Å². The van der Waals surface area contributed by atoms with E-state index in [0.29, 0.717) is 24.5 Å². The highest BCUT2D eigenvalue weighted by molar-refractivity contribution is 7.13. The smallest absolute Gasteiger partial charge is 0.273 e. The summed E-state index contributed by atoms with van der Waals surface area (Å²) >= 11 is 1.42. The van der Waals surface area contributed by atoms with Gasteiger partial charge in [-0.2, -0.15) is 0 Å². The molecule has 0 atom stereocenters. The van der Waals surface area contributed by atoms with E-state index in [1.54, 1.807) is 17.8 Å². The Kier molecular flexibility index (Phi) is 4.00. The van der Waals surface area contributed by atoms with Crippen LogP contribution in [0.1, 0.15) is 10.5 Å². The van der Waals surface area contributed by atoms with Crippen LogP contribution in [0.3, 0.4) is 0 Å².